The fourth-order valence-electron chi connectivity index (χ4n) is 1.04. The van der Waals surface area contributed by atoms with E-state index in [0.29, 0.717) is 16.8 Å². The lowest BCUT2D eigenvalue weighted by molar-refractivity contribution is 0.309. The number of halogens is 2. The minimum atomic E-state index is -0.275. The number of rotatable bonds is 3. The highest BCUT2D eigenvalue weighted by Crippen LogP contribution is 2.20. The highest BCUT2D eigenvalue weighted by atomic mass is 35.5. The topological polar surface area (TPSA) is 22.1 Å². The molecule has 0 spiro atoms. The summed E-state index contributed by atoms with van der Waals surface area (Å²) in [5.74, 6) is 0.351. The van der Waals surface area contributed by atoms with E-state index in [1.165, 1.54) is 23.5 Å². The second kappa shape index (κ2) is 4.59. The van der Waals surface area contributed by atoms with Gasteiger partial charge in [-0.25, -0.2) is 9.37 Å². The maximum atomic E-state index is 12.6. The van der Waals surface area contributed by atoms with E-state index in [0.717, 1.165) is 4.88 Å². The minimum Gasteiger partial charge on any atom is -0.488 e. The molecule has 78 valence electrons. The Kier molecular flexibility index (Phi) is 3.18. The monoisotopic (exact) mass is 243 g/mol. The molecule has 0 saturated heterocycles. The Morgan fingerprint density at radius 1 is 1.33 bits per heavy atom. The molecule has 5 heteroatoms. The van der Waals surface area contributed by atoms with Crippen molar-refractivity contribution in [1.29, 1.82) is 0 Å². The molecule has 0 aliphatic carbocycles. The van der Waals surface area contributed by atoms with Gasteiger partial charge in [0.1, 0.15) is 18.2 Å². The van der Waals surface area contributed by atoms with E-state index < -0.39 is 0 Å². The van der Waals surface area contributed by atoms with E-state index in [9.17, 15) is 4.39 Å². The lowest BCUT2D eigenvalue weighted by Gasteiger charge is -2.03. The molecule has 1 aromatic heterocycles. The van der Waals surface area contributed by atoms with Crippen LogP contribution in [0.2, 0.25) is 4.47 Å². The van der Waals surface area contributed by atoms with Crippen molar-refractivity contribution < 1.29 is 9.13 Å². The maximum absolute atomic E-state index is 12.6. The highest BCUT2D eigenvalue weighted by molar-refractivity contribution is 7.15. The first-order chi connectivity index (χ1) is 7.24. The molecule has 0 aliphatic rings. The van der Waals surface area contributed by atoms with Crippen LogP contribution in [0.1, 0.15) is 4.88 Å². The van der Waals surface area contributed by atoms with Gasteiger partial charge in [0.15, 0.2) is 4.47 Å². The first kappa shape index (κ1) is 10.4. The van der Waals surface area contributed by atoms with Crippen LogP contribution in [0.4, 0.5) is 4.39 Å². The summed E-state index contributed by atoms with van der Waals surface area (Å²) in [5.41, 5.74) is 0. The molecule has 0 fully saturated rings. The number of thiazole rings is 1. The van der Waals surface area contributed by atoms with Crippen molar-refractivity contribution in [3.05, 3.63) is 45.6 Å². The molecule has 0 radical (unpaired) electrons. The molecule has 2 nitrogen and oxygen atoms in total. The van der Waals surface area contributed by atoms with Crippen LogP contribution in [0.25, 0.3) is 0 Å². The zero-order valence-electron chi connectivity index (χ0n) is 7.61. The Balaban J connectivity index is 1.96. The Bertz CT molecular complexity index is 443. The molecular weight excluding hydrogens is 237 g/mol. The van der Waals surface area contributed by atoms with Crippen molar-refractivity contribution >= 4 is 22.9 Å². The molecule has 0 aliphatic heterocycles. The van der Waals surface area contributed by atoms with Crippen molar-refractivity contribution in [3.63, 3.8) is 0 Å². The first-order valence-corrected chi connectivity index (χ1v) is 5.42. The van der Waals surface area contributed by atoms with E-state index >= 15 is 0 Å². The average Bonchev–Trinajstić information content (AvgIpc) is 2.64. The Morgan fingerprint density at radius 2 is 2.07 bits per heavy atom. The Hall–Kier alpha value is -1.13. The number of nitrogens with zero attached hydrogens (tertiary/aromatic N) is 1. The van der Waals surface area contributed by atoms with Crippen molar-refractivity contribution in [2.75, 3.05) is 0 Å². The van der Waals surface area contributed by atoms with Gasteiger partial charge in [0.25, 0.3) is 0 Å². The highest BCUT2D eigenvalue weighted by Gasteiger charge is 2.00. The zero-order chi connectivity index (χ0) is 10.7. The van der Waals surface area contributed by atoms with Crippen molar-refractivity contribution in [3.8, 4) is 5.75 Å². The maximum Gasteiger partial charge on any atom is 0.183 e. The molecule has 1 heterocycles. The molecule has 2 aromatic rings. The van der Waals surface area contributed by atoms with Gasteiger partial charge in [-0.3, -0.25) is 0 Å². The molecule has 15 heavy (non-hydrogen) atoms. The molecule has 0 N–H and O–H groups in total. The third-order valence-electron chi connectivity index (χ3n) is 1.72. The lowest BCUT2D eigenvalue weighted by Crippen LogP contribution is -1.92. The van der Waals surface area contributed by atoms with Gasteiger partial charge in [-0.2, -0.15) is 0 Å². The summed E-state index contributed by atoms with van der Waals surface area (Å²) in [4.78, 5) is 4.82. The molecule has 2 rings (SSSR count). The van der Waals surface area contributed by atoms with Crippen molar-refractivity contribution in [2.45, 2.75) is 6.61 Å². The Morgan fingerprint density at radius 3 is 2.67 bits per heavy atom. The molecule has 0 saturated carbocycles. The number of hydrogen-bond donors (Lipinski definition) is 0. The minimum absolute atomic E-state index is 0.275. The summed E-state index contributed by atoms with van der Waals surface area (Å²) < 4.78 is 18.5. The summed E-state index contributed by atoms with van der Waals surface area (Å²) in [7, 11) is 0. The quantitative estimate of drug-likeness (QED) is 0.823. The fourth-order valence-corrected chi connectivity index (χ4v) is 1.93. The Labute approximate surface area is 95.3 Å². The van der Waals surface area contributed by atoms with Crippen molar-refractivity contribution in [1.82, 2.24) is 4.98 Å². The van der Waals surface area contributed by atoms with Gasteiger partial charge < -0.3 is 4.74 Å². The molecule has 1 aromatic carbocycles. The summed E-state index contributed by atoms with van der Waals surface area (Å²) in [5, 5.41) is 0. The number of aromatic nitrogens is 1. The van der Waals surface area contributed by atoms with Crippen molar-refractivity contribution in [2.24, 2.45) is 0 Å². The van der Waals surface area contributed by atoms with Crippen LogP contribution in [0.3, 0.4) is 0 Å². The van der Waals surface area contributed by atoms with Crippen LogP contribution in [0.15, 0.2) is 30.5 Å². The summed E-state index contributed by atoms with van der Waals surface area (Å²) in [6.07, 6.45) is 1.66. The third kappa shape index (κ3) is 2.91. The summed E-state index contributed by atoms with van der Waals surface area (Å²) in [6.45, 7) is 0.399. The smallest absolute Gasteiger partial charge is 0.183 e. The van der Waals surface area contributed by atoms with Crippen LogP contribution in [-0.2, 0) is 6.61 Å². The van der Waals surface area contributed by atoms with Gasteiger partial charge in [-0.15, -0.1) is 11.3 Å². The lowest BCUT2D eigenvalue weighted by atomic mass is 10.3. The van der Waals surface area contributed by atoms with Crippen LogP contribution in [0, 0.1) is 5.82 Å². The molecule has 0 unspecified atom stereocenters. The standard InChI is InChI=1S/C10H7ClFNOS/c11-10-13-5-9(15-10)6-14-8-3-1-7(12)2-4-8/h1-5H,6H2. The summed E-state index contributed by atoms with van der Waals surface area (Å²) >= 11 is 7.03. The van der Waals surface area contributed by atoms with Crippen LogP contribution in [-0.4, -0.2) is 4.98 Å². The first-order valence-electron chi connectivity index (χ1n) is 4.22. The second-order valence-corrected chi connectivity index (χ2v) is 4.52. The largest absolute Gasteiger partial charge is 0.488 e. The van der Waals surface area contributed by atoms with Gasteiger partial charge in [0.2, 0.25) is 0 Å². The van der Waals surface area contributed by atoms with E-state index in [1.54, 1.807) is 18.3 Å². The van der Waals surface area contributed by atoms with Crippen LogP contribution < -0.4 is 4.74 Å². The van der Waals surface area contributed by atoms with Gasteiger partial charge >= 0.3 is 0 Å². The predicted octanol–water partition coefficient (Wildman–Crippen LogP) is 3.51. The number of ether oxygens (including phenoxy) is 1. The van der Waals surface area contributed by atoms with E-state index in [1.807, 2.05) is 0 Å². The van der Waals surface area contributed by atoms with Crippen LogP contribution in [0.5, 0.6) is 5.75 Å². The van der Waals surface area contributed by atoms with Gasteiger partial charge in [-0.05, 0) is 24.3 Å². The van der Waals surface area contributed by atoms with Crippen LogP contribution >= 0.6 is 22.9 Å². The molecular formula is C10H7ClFNOS. The third-order valence-corrected chi connectivity index (χ3v) is 2.81. The number of hydrogen-bond acceptors (Lipinski definition) is 3. The second-order valence-electron chi connectivity index (χ2n) is 2.82. The predicted molar refractivity (Wildman–Crippen MR) is 57.9 cm³/mol. The van der Waals surface area contributed by atoms with E-state index in [-0.39, 0.29) is 5.82 Å². The SMILES string of the molecule is Fc1ccc(OCc2cnc(Cl)s2)cc1. The number of benzene rings is 1. The van der Waals surface area contributed by atoms with Gasteiger partial charge in [0.05, 0.1) is 4.88 Å². The molecule has 0 bridgehead atoms. The van der Waals surface area contributed by atoms with E-state index in [2.05, 4.69) is 4.98 Å². The normalized spacial score (nSPS) is 10.3. The molecule has 0 atom stereocenters. The molecule has 0 amide bonds. The summed E-state index contributed by atoms with van der Waals surface area (Å²) in [6, 6.07) is 5.87. The van der Waals surface area contributed by atoms with Gasteiger partial charge in [0, 0.05) is 6.20 Å². The van der Waals surface area contributed by atoms with Gasteiger partial charge in [-0.1, -0.05) is 11.6 Å². The van der Waals surface area contributed by atoms with E-state index in [4.69, 9.17) is 16.3 Å². The average molecular weight is 244 g/mol. The zero-order valence-corrected chi connectivity index (χ0v) is 9.19. The fraction of sp³-hybridized carbons (Fsp3) is 0.100.